The Labute approximate surface area is 88.9 Å². The third kappa shape index (κ3) is 3.31. The van der Waals surface area contributed by atoms with Crippen molar-refractivity contribution in [1.82, 2.24) is 0 Å². The molecule has 14 heavy (non-hydrogen) atoms. The average Bonchev–Trinajstić information content (AvgIpc) is 2.14. The molecule has 0 fully saturated rings. The summed E-state index contributed by atoms with van der Waals surface area (Å²) in [6.07, 6.45) is 0. The Balaban J connectivity index is 2.79. The van der Waals surface area contributed by atoms with Crippen LogP contribution in [0.1, 0.15) is 19.4 Å². The zero-order chi connectivity index (χ0) is 10.6. The highest BCUT2D eigenvalue weighted by atomic mass is 32.2. The van der Waals surface area contributed by atoms with Crippen molar-refractivity contribution in [2.45, 2.75) is 24.3 Å². The molecule has 1 aromatic rings. The van der Waals surface area contributed by atoms with Crippen molar-refractivity contribution in [2.75, 3.05) is 12.4 Å². The second-order valence-corrected chi connectivity index (χ2v) is 4.96. The second kappa shape index (κ2) is 4.80. The highest BCUT2D eigenvalue weighted by Gasteiger charge is 2.13. The van der Waals surface area contributed by atoms with E-state index in [-0.39, 0.29) is 12.2 Å². The van der Waals surface area contributed by atoms with Crippen molar-refractivity contribution in [3.63, 3.8) is 0 Å². The molecule has 0 unspecified atom stereocenters. The summed E-state index contributed by atoms with van der Waals surface area (Å²) in [6.45, 7) is 3.64. The maximum Gasteiger partial charge on any atom is 0.0988 e. The first-order chi connectivity index (χ1) is 6.54. The molecule has 2 N–H and O–H groups in total. The fourth-order valence-corrected chi connectivity index (χ4v) is 1.84. The van der Waals surface area contributed by atoms with Gasteiger partial charge in [0.25, 0.3) is 0 Å². The van der Waals surface area contributed by atoms with E-state index in [1.807, 2.05) is 38.1 Å². The van der Waals surface area contributed by atoms with Crippen molar-refractivity contribution in [3.05, 3.63) is 29.8 Å². The van der Waals surface area contributed by atoms with Gasteiger partial charge in [0.2, 0.25) is 0 Å². The van der Waals surface area contributed by atoms with Crippen molar-refractivity contribution < 1.29 is 4.39 Å². The summed E-state index contributed by atoms with van der Waals surface area (Å²) in [5.41, 5.74) is 6.73. The van der Waals surface area contributed by atoms with Crippen LogP contribution in [0.2, 0.25) is 0 Å². The van der Waals surface area contributed by atoms with Crippen LogP contribution in [0.3, 0.4) is 0 Å². The summed E-state index contributed by atoms with van der Waals surface area (Å²) < 4.78 is 12.0. The van der Waals surface area contributed by atoms with Crippen LogP contribution in [0, 0.1) is 0 Å². The van der Waals surface area contributed by atoms with Crippen LogP contribution in [0.4, 0.5) is 4.39 Å². The Morgan fingerprint density at radius 1 is 1.43 bits per heavy atom. The van der Waals surface area contributed by atoms with Gasteiger partial charge in [-0.05, 0) is 31.5 Å². The highest BCUT2D eigenvalue weighted by Crippen LogP contribution is 2.23. The lowest BCUT2D eigenvalue weighted by atomic mass is 9.96. The first-order valence-corrected chi connectivity index (χ1v) is 5.61. The van der Waals surface area contributed by atoms with E-state index in [1.54, 1.807) is 0 Å². The van der Waals surface area contributed by atoms with Gasteiger partial charge in [-0.1, -0.05) is 12.1 Å². The van der Waals surface area contributed by atoms with E-state index < -0.39 is 0 Å². The minimum absolute atomic E-state index is 0.291. The van der Waals surface area contributed by atoms with Crippen LogP contribution in [-0.4, -0.2) is 12.4 Å². The number of thioether (sulfide) groups is 1. The van der Waals surface area contributed by atoms with E-state index in [9.17, 15) is 4.39 Å². The predicted octanol–water partition coefficient (Wildman–Crippen LogP) is 2.94. The van der Waals surface area contributed by atoms with Crippen LogP contribution in [0.25, 0.3) is 0 Å². The number of halogens is 1. The fraction of sp³-hybridized carbons (Fsp3) is 0.455. The standard InChI is InChI=1S/C11H16FNS/c1-11(2,13)9-4-3-5-10(8-9)14-7-6-12/h3-5,8H,6-7,13H2,1-2H3. The smallest absolute Gasteiger partial charge is 0.0988 e. The first-order valence-electron chi connectivity index (χ1n) is 4.62. The van der Waals surface area contributed by atoms with Crippen molar-refractivity contribution in [2.24, 2.45) is 5.73 Å². The summed E-state index contributed by atoms with van der Waals surface area (Å²) in [6, 6.07) is 7.97. The van der Waals surface area contributed by atoms with Crippen LogP contribution < -0.4 is 5.73 Å². The van der Waals surface area contributed by atoms with E-state index in [4.69, 9.17) is 5.73 Å². The van der Waals surface area contributed by atoms with E-state index in [2.05, 4.69) is 0 Å². The lowest BCUT2D eigenvalue weighted by molar-refractivity contribution is 0.532. The largest absolute Gasteiger partial charge is 0.322 e. The van der Waals surface area contributed by atoms with Crippen molar-refractivity contribution in [3.8, 4) is 0 Å². The molecule has 1 rings (SSSR count). The van der Waals surface area contributed by atoms with Gasteiger partial charge in [0, 0.05) is 16.2 Å². The van der Waals surface area contributed by atoms with Gasteiger partial charge in [-0.2, -0.15) is 0 Å². The lowest BCUT2D eigenvalue weighted by Crippen LogP contribution is -2.28. The quantitative estimate of drug-likeness (QED) is 0.778. The van der Waals surface area contributed by atoms with Crippen LogP contribution in [-0.2, 0) is 5.54 Å². The molecule has 1 nitrogen and oxygen atoms in total. The highest BCUT2D eigenvalue weighted by molar-refractivity contribution is 7.99. The van der Waals surface area contributed by atoms with Gasteiger partial charge in [-0.25, -0.2) is 0 Å². The fourth-order valence-electron chi connectivity index (χ4n) is 1.14. The first kappa shape index (κ1) is 11.5. The monoisotopic (exact) mass is 213 g/mol. The van der Waals surface area contributed by atoms with Crippen molar-refractivity contribution >= 4 is 11.8 Å². The number of rotatable bonds is 4. The molecule has 0 heterocycles. The molecule has 1 aromatic carbocycles. The van der Waals surface area contributed by atoms with E-state index in [0.29, 0.717) is 5.75 Å². The molecular formula is C11H16FNS. The van der Waals surface area contributed by atoms with Gasteiger partial charge >= 0.3 is 0 Å². The van der Waals surface area contributed by atoms with Gasteiger partial charge in [-0.15, -0.1) is 11.8 Å². The molecule has 0 aliphatic rings. The van der Waals surface area contributed by atoms with Crippen LogP contribution in [0.5, 0.6) is 0 Å². The summed E-state index contributed by atoms with van der Waals surface area (Å²) in [5.74, 6) is 0.508. The zero-order valence-corrected chi connectivity index (χ0v) is 9.40. The summed E-state index contributed by atoms with van der Waals surface area (Å²) >= 11 is 1.52. The van der Waals surface area contributed by atoms with Gasteiger partial charge in [0.15, 0.2) is 0 Å². The molecule has 0 aliphatic heterocycles. The molecule has 0 radical (unpaired) electrons. The molecule has 0 saturated heterocycles. The molecule has 78 valence electrons. The number of alkyl halides is 1. The Morgan fingerprint density at radius 3 is 2.71 bits per heavy atom. The SMILES string of the molecule is CC(C)(N)c1cccc(SCCF)c1. The van der Waals surface area contributed by atoms with E-state index >= 15 is 0 Å². The minimum atomic E-state index is -0.327. The third-order valence-corrected chi connectivity index (χ3v) is 2.87. The van der Waals surface area contributed by atoms with Gasteiger partial charge < -0.3 is 5.73 Å². The average molecular weight is 213 g/mol. The van der Waals surface area contributed by atoms with Crippen LogP contribution in [0.15, 0.2) is 29.2 Å². The topological polar surface area (TPSA) is 26.0 Å². The molecular weight excluding hydrogens is 197 g/mol. The zero-order valence-electron chi connectivity index (χ0n) is 8.59. The molecule has 0 saturated carbocycles. The van der Waals surface area contributed by atoms with Gasteiger partial charge in [-0.3, -0.25) is 4.39 Å². The molecule has 0 aromatic heterocycles. The molecule has 0 amide bonds. The Bertz CT molecular complexity index is 294. The number of nitrogens with two attached hydrogens (primary N) is 1. The Kier molecular flexibility index (Phi) is 3.96. The van der Waals surface area contributed by atoms with E-state index in [0.717, 1.165) is 10.5 Å². The molecule has 0 spiro atoms. The minimum Gasteiger partial charge on any atom is -0.322 e. The van der Waals surface area contributed by atoms with E-state index in [1.165, 1.54) is 11.8 Å². The number of hydrogen-bond donors (Lipinski definition) is 1. The molecule has 0 aliphatic carbocycles. The lowest BCUT2D eigenvalue weighted by Gasteiger charge is -2.19. The second-order valence-electron chi connectivity index (χ2n) is 3.79. The third-order valence-electron chi connectivity index (χ3n) is 1.92. The normalized spacial score (nSPS) is 11.7. The molecule has 0 bridgehead atoms. The van der Waals surface area contributed by atoms with Gasteiger partial charge in [0.1, 0.15) is 0 Å². The Morgan fingerprint density at radius 2 is 2.14 bits per heavy atom. The maximum atomic E-state index is 12.0. The summed E-state index contributed by atoms with van der Waals surface area (Å²) in [5, 5.41) is 0. The summed E-state index contributed by atoms with van der Waals surface area (Å²) in [4.78, 5) is 1.08. The predicted molar refractivity (Wildman–Crippen MR) is 60.4 cm³/mol. The molecule has 0 atom stereocenters. The number of benzene rings is 1. The van der Waals surface area contributed by atoms with Gasteiger partial charge in [0.05, 0.1) is 6.67 Å². The molecule has 3 heteroatoms. The van der Waals surface area contributed by atoms with Crippen LogP contribution >= 0.6 is 11.8 Å². The van der Waals surface area contributed by atoms with Crippen molar-refractivity contribution in [1.29, 1.82) is 0 Å². The maximum absolute atomic E-state index is 12.0. The Hall–Kier alpha value is -0.540. The number of hydrogen-bond acceptors (Lipinski definition) is 2. The summed E-state index contributed by atoms with van der Waals surface area (Å²) in [7, 11) is 0.